The van der Waals surface area contributed by atoms with E-state index in [4.69, 9.17) is 5.84 Å². The van der Waals surface area contributed by atoms with Gasteiger partial charge in [0.2, 0.25) is 0 Å². The third-order valence-electron chi connectivity index (χ3n) is 2.61. The molecule has 1 rings (SSSR count). The third kappa shape index (κ3) is 3.96. The Morgan fingerprint density at radius 3 is 2.56 bits per heavy atom. The van der Waals surface area contributed by atoms with Crippen molar-refractivity contribution in [2.45, 2.75) is 45.5 Å². The lowest BCUT2D eigenvalue weighted by Crippen LogP contribution is -2.40. The molecule has 0 radical (unpaired) electrons. The number of nitrogens with two attached hydrogens (primary N) is 1. The molecule has 104 valence electrons. The van der Waals surface area contributed by atoms with Crippen molar-refractivity contribution in [3.05, 3.63) is 15.9 Å². The summed E-state index contributed by atoms with van der Waals surface area (Å²) in [6.07, 6.45) is -5.04. The molecule has 0 aliphatic heterocycles. The molecule has 18 heavy (non-hydrogen) atoms. The Bertz CT molecular complexity index is 403. The molecule has 0 saturated carbocycles. The molecule has 0 spiro atoms. The fourth-order valence-corrected chi connectivity index (χ4v) is 2.21. The zero-order valence-corrected chi connectivity index (χ0v) is 11.8. The van der Waals surface area contributed by atoms with Crippen molar-refractivity contribution >= 4 is 15.9 Å². The number of hydrazine groups is 1. The number of alkyl halides is 3. The zero-order valence-electron chi connectivity index (χ0n) is 10.2. The van der Waals surface area contributed by atoms with E-state index >= 15 is 0 Å². The molecule has 1 aromatic rings. The van der Waals surface area contributed by atoms with Gasteiger partial charge >= 0.3 is 6.18 Å². The molecule has 1 aromatic heterocycles. The maximum Gasteiger partial charge on any atom is 0.390 e. The summed E-state index contributed by atoms with van der Waals surface area (Å²) in [5.74, 6) is 5.18. The third-order valence-corrected chi connectivity index (χ3v) is 3.64. The van der Waals surface area contributed by atoms with Crippen LogP contribution in [0.25, 0.3) is 0 Å². The number of hydrogen-bond donors (Lipinski definition) is 2. The van der Waals surface area contributed by atoms with Crippen molar-refractivity contribution in [1.29, 1.82) is 0 Å². The quantitative estimate of drug-likeness (QED) is 0.644. The topological polar surface area (TPSA) is 55.9 Å². The van der Waals surface area contributed by atoms with Gasteiger partial charge in [-0.15, -0.1) is 0 Å². The first-order chi connectivity index (χ1) is 8.28. The average Bonchev–Trinajstić information content (AvgIpc) is 2.53. The summed E-state index contributed by atoms with van der Waals surface area (Å²) in [4.78, 5) is 0. The van der Waals surface area contributed by atoms with Gasteiger partial charge in [0, 0.05) is 19.0 Å². The molecular weight excluding hydrogens is 313 g/mol. The van der Waals surface area contributed by atoms with Gasteiger partial charge in [-0.2, -0.15) is 18.3 Å². The second kappa shape index (κ2) is 6.03. The van der Waals surface area contributed by atoms with E-state index in [1.165, 1.54) is 0 Å². The summed E-state index contributed by atoms with van der Waals surface area (Å²) in [7, 11) is 0. The summed E-state index contributed by atoms with van der Waals surface area (Å²) < 4.78 is 39.5. The van der Waals surface area contributed by atoms with E-state index in [1.807, 2.05) is 6.92 Å². The Labute approximate surface area is 112 Å². The monoisotopic (exact) mass is 328 g/mol. The number of aryl methyl sites for hydroxylation is 2. The van der Waals surface area contributed by atoms with Crippen LogP contribution >= 0.6 is 15.9 Å². The van der Waals surface area contributed by atoms with E-state index in [2.05, 4.69) is 26.5 Å². The summed E-state index contributed by atoms with van der Waals surface area (Å²) in [6.45, 7) is 4.29. The minimum Gasteiger partial charge on any atom is -0.271 e. The van der Waals surface area contributed by atoms with Crippen LogP contribution in [0.15, 0.2) is 4.47 Å². The maximum atomic E-state index is 12.4. The second-order valence-corrected chi connectivity index (χ2v) is 4.84. The number of hydrogen-bond acceptors (Lipinski definition) is 3. The van der Waals surface area contributed by atoms with Crippen molar-refractivity contribution in [1.82, 2.24) is 15.2 Å². The van der Waals surface area contributed by atoms with Crippen molar-refractivity contribution in [2.24, 2.45) is 5.84 Å². The van der Waals surface area contributed by atoms with Crippen LogP contribution in [0.3, 0.4) is 0 Å². The second-order valence-electron chi connectivity index (χ2n) is 4.05. The van der Waals surface area contributed by atoms with Crippen molar-refractivity contribution in [3.8, 4) is 0 Å². The number of nitrogens with one attached hydrogen (secondary N) is 1. The van der Waals surface area contributed by atoms with Gasteiger partial charge in [0.25, 0.3) is 0 Å². The average molecular weight is 329 g/mol. The van der Waals surface area contributed by atoms with E-state index in [0.29, 0.717) is 6.54 Å². The number of nitrogens with zero attached hydrogens (tertiary/aromatic N) is 2. The fraction of sp³-hybridized carbons (Fsp3) is 0.700. The molecule has 0 saturated heterocycles. The summed E-state index contributed by atoms with van der Waals surface area (Å²) in [5, 5.41) is 4.23. The van der Waals surface area contributed by atoms with Crippen LogP contribution in [0, 0.1) is 6.92 Å². The zero-order chi connectivity index (χ0) is 13.9. The molecule has 1 unspecified atom stereocenters. The summed E-state index contributed by atoms with van der Waals surface area (Å²) >= 11 is 3.35. The summed E-state index contributed by atoms with van der Waals surface area (Å²) in [6, 6.07) is -0.859. The number of aromatic nitrogens is 2. The van der Waals surface area contributed by atoms with Crippen LogP contribution in [0.4, 0.5) is 13.2 Å². The lowest BCUT2D eigenvalue weighted by molar-refractivity contribution is -0.140. The molecule has 0 aliphatic carbocycles. The minimum atomic E-state index is -4.24. The van der Waals surface area contributed by atoms with Crippen LogP contribution in [0.1, 0.15) is 24.7 Å². The van der Waals surface area contributed by atoms with Gasteiger partial charge in [-0.3, -0.25) is 16.0 Å². The molecule has 0 aromatic carbocycles. The minimum absolute atomic E-state index is 0.172. The first-order valence-electron chi connectivity index (χ1n) is 5.53. The van der Waals surface area contributed by atoms with E-state index in [-0.39, 0.29) is 6.42 Å². The Balaban J connectivity index is 2.88. The van der Waals surface area contributed by atoms with Crippen molar-refractivity contribution in [2.75, 3.05) is 0 Å². The van der Waals surface area contributed by atoms with Gasteiger partial charge in [0.05, 0.1) is 22.3 Å². The normalized spacial score (nSPS) is 13.9. The van der Waals surface area contributed by atoms with Gasteiger partial charge in [-0.25, -0.2) is 0 Å². The first-order valence-corrected chi connectivity index (χ1v) is 6.32. The highest BCUT2D eigenvalue weighted by Crippen LogP contribution is 2.26. The molecule has 0 fully saturated rings. The molecule has 8 heteroatoms. The first kappa shape index (κ1) is 15.5. The molecule has 0 aliphatic rings. The molecule has 1 atom stereocenters. The van der Waals surface area contributed by atoms with E-state index < -0.39 is 18.6 Å². The van der Waals surface area contributed by atoms with E-state index in [1.54, 1.807) is 11.6 Å². The van der Waals surface area contributed by atoms with Crippen LogP contribution < -0.4 is 11.3 Å². The van der Waals surface area contributed by atoms with Gasteiger partial charge in [0.1, 0.15) is 0 Å². The molecule has 3 N–H and O–H groups in total. The standard InChI is InChI=1S/C10H16BrF3N4/c1-3-18-8(9(11)6(2)17-18)4-7(16-15)5-10(12,13)14/h7,16H,3-5,15H2,1-2H3. The molecule has 0 amide bonds. The van der Waals surface area contributed by atoms with Gasteiger partial charge in [-0.05, 0) is 29.8 Å². The van der Waals surface area contributed by atoms with E-state index in [9.17, 15) is 13.2 Å². The number of halogens is 4. The van der Waals surface area contributed by atoms with Crippen LogP contribution in [-0.2, 0) is 13.0 Å². The largest absolute Gasteiger partial charge is 0.390 e. The van der Waals surface area contributed by atoms with Crippen LogP contribution in [-0.4, -0.2) is 22.0 Å². The van der Waals surface area contributed by atoms with Crippen molar-refractivity contribution < 1.29 is 13.2 Å². The number of rotatable bonds is 5. The Hall–Kier alpha value is -0.600. The molecule has 4 nitrogen and oxygen atoms in total. The lowest BCUT2D eigenvalue weighted by atomic mass is 10.1. The predicted octanol–water partition coefficient (Wildman–Crippen LogP) is 2.30. The molecule has 1 heterocycles. The SMILES string of the molecule is CCn1nc(C)c(Br)c1CC(CC(F)(F)F)NN. The highest BCUT2D eigenvalue weighted by Gasteiger charge is 2.32. The van der Waals surface area contributed by atoms with Gasteiger partial charge in [0.15, 0.2) is 0 Å². The van der Waals surface area contributed by atoms with Crippen LogP contribution in [0.5, 0.6) is 0 Å². The predicted molar refractivity (Wildman–Crippen MR) is 65.8 cm³/mol. The van der Waals surface area contributed by atoms with Gasteiger partial charge < -0.3 is 0 Å². The Morgan fingerprint density at radius 2 is 2.11 bits per heavy atom. The van der Waals surface area contributed by atoms with Gasteiger partial charge in [-0.1, -0.05) is 0 Å². The molecular formula is C10H16BrF3N4. The lowest BCUT2D eigenvalue weighted by Gasteiger charge is -2.18. The Morgan fingerprint density at radius 1 is 1.50 bits per heavy atom. The highest BCUT2D eigenvalue weighted by atomic mass is 79.9. The van der Waals surface area contributed by atoms with E-state index in [0.717, 1.165) is 15.9 Å². The summed E-state index contributed by atoms with van der Waals surface area (Å²) in [5.41, 5.74) is 3.70. The fourth-order valence-electron chi connectivity index (χ4n) is 1.77. The maximum absolute atomic E-state index is 12.4. The Kier molecular flexibility index (Phi) is 5.18. The van der Waals surface area contributed by atoms with Crippen molar-refractivity contribution in [3.63, 3.8) is 0 Å². The highest BCUT2D eigenvalue weighted by molar-refractivity contribution is 9.10. The van der Waals surface area contributed by atoms with Crippen LogP contribution in [0.2, 0.25) is 0 Å². The molecule has 0 bridgehead atoms. The smallest absolute Gasteiger partial charge is 0.271 e.